The molecule has 1 aliphatic carbocycles. The molecule has 6 N–H and O–H groups in total. The molecule has 7 heteroatoms. The molecule has 0 bridgehead atoms. The minimum Gasteiger partial charge on any atom is -0.390 e. The summed E-state index contributed by atoms with van der Waals surface area (Å²) in [4.78, 5) is 12.7. The highest BCUT2D eigenvalue weighted by Crippen LogP contribution is 2.33. The molecule has 1 aliphatic rings. The van der Waals surface area contributed by atoms with Crippen LogP contribution in [0.5, 0.6) is 0 Å². The molecular weight excluding hydrogens is 590 g/mol. The number of aliphatic hydroxyl groups excluding tert-OH is 5. The van der Waals surface area contributed by atoms with E-state index in [0.717, 1.165) is 19.3 Å². The maximum atomic E-state index is 12.7. The van der Waals surface area contributed by atoms with Crippen molar-refractivity contribution in [2.75, 3.05) is 0 Å². The van der Waals surface area contributed by atoms with E-state index in [1.807, 2.05) is 6.92 Å². The van der Waals surface area contributed by atoms with Crippen molar-refractivity contribution in [2.24, 2.45) is 11.8 Å². The zero-order valence-corrected chi connectivity index (χ0v) is 31.1. The van der Waals surface area contributed by atoms with Crippen LogP contribution < -0.4 is 5.32 Å². The first-order valence-electron chi connectivity index (χ1n) is 20.4. The maximum absolute atomic E-state index is 12.7. The SMILES string of the molecule is CCCCCCCCCCCCCCCCCCCCCCCCCC(=O)NC(CCC1CC(C)C(O)C(O)C1O)C(O)C(O)CC. The number of unbranched alkanes of at least 4 members (excludes halogenated alkanes) is 22. The highest BCUT2D eigenvalue weighted by atomic mass is 16.4. The van der Waals surface area contributed by atoms with Gasteiger partial charge in [0.25, 0.3) is 0 Å². The van der Waals surface area contributed by atoms with Crippen molar-refractivity contribution in [2.45, 2.75) is 237 Å². The fraction of sp³-hybridized carbons (Fsp3) is 0.975. The average Bonchev–Trinajstić information content (AvgIpc) is 3.07. The minimum absolute atomic E-state index is 0.117. The largest absolute Gasteiger partial charge is 0.390 e. The van der Waals surface area contributed by atoms with Crippen LogP contribution in [0.4, 0.5) is 0 Å². The van der Waals surface area contributed by atoms with E-state index in [4.69, 9.17) is 0 Å². The number of rotatable bonds is 31. The second kappa shape index (κ2) is 29.0. The normalized spacial score (nSPS) is 23.4. The van der Waals surface area contributed by atoms with E-state index in [1.165, 1.54) is 128 Å². The summed E-state index contributed by atoms with van der Waals surface area (Å²) in [7, 11) is 0. The summed E-state index contributed by atoms with van der Waals surface area (Å²) in [5, 5.41) is 54.6. The quantitative estimate of drug-likeness (QED) is 0.0411. The third kappa shape index (κ3) is 21.2. The van der Waals surface area contributed by atoms with Crippen molar-refractivity contribution in [3.05, 3.63) is 0 Å². The Balaban J connectivity index is 2.03. The van der Waals surface area contributed by atoms with Crippen LogP contribution in [0, 0.1) is 11.8 Å². The van der Waals surface area contributed by atoms with Gasteiger partial charge in [0.1, 0.15) is 6.10 Å². The van der Waals surface area contributed by atoms with Crippen LogP contribution in [-0.2, 0) is 4.79 Å². The van der Waals surface area contributed by atoms with Crippen LogP contribution in [0.15, 0.2) is 0 Å². The third-order valence-corrected chi connectivity index (χ3v) is 10.9. The lowest BCUT2D eigenvalue weighted by Crippen LogP contribution is -2.52. The van der Waals surface area contributed by atoms with Gasteiger partial charge in [0.05, 0.1) is 30.5 Å². The summed E-state index contributed by atoms with van der Waals surface area (Å²) < 4.78 is 0. The second-order valence-electron chi connectivity index (χ2n) is 15.2. The lowest BCUT2D eigenvalue weighted by Gasteiger charge is -2.40. The molecule has 0 aliphatic heterocycles. The van der Waals surface area contributed by atoms with Crippen molar-refractivity contribution in [3.63, 3.8) is 0 Å². The zero-order chi connectivity index (χ0) is 34.7. The molecule has 1 rings (SSSR count). The Morgan fingerprint density at radius 2 is 1.02 bits per heavy atom. The predicted octanol–water partition coefficient (Wildman–Crippen LogP) is 8.50. The van der Waals surface area contributed by atoms with Crippen LogP contribution in [0.25, 0.3) is 0 Å². The summed E-state index contributed by atoms with van der Waals surface area (Å²) in [6, 6.07) is -0.617. The van der Waals surface area contributed by atoms with Crippen LogP contribution in [0.1, 0.15) is 201 Å². The third-order valence-electron chi connectivity index (χ3n) is 10.9. The molecule has 0 spiro atoms. The molecule has 1 fully saturated rings. The van der Waals surface area contributed by atoms with E-state index in [2.05, 4.69) is 12.2 Å². The van der Waals surface area contributed by atoms with E-state index in [1.54, 1.807) is 6.92 Å². The van der Waals surface area contributed by atoms with Gasteiger partial charge in [0.15, 0.2) is 0 Å². The van der Waals surface area contributed by atoms with Gasteiger partial charge < -0.3 is 30.8 Å². The zero-order valence-electron chi connectivity index (χ0n) is 31.1. The van der Waals surface area contributed by atoms with Gasteiger partial charge in [-0.25, -0.2) is 0 Å². The number of aliphatic hydroxyl groups is 5. The van der Waals surface area contributed by atoms with Gasteiger partial charge in [0.2, 0.25) is 5.91 Å². The highest BCUT2D eigenvalue weighted by Gasteiger charge is 2.41. The molecule has 1 saturated carbocycles. The maximum Gasteiger partial charge on any atom is 0.220 e. The Kier molecular flexibility index (Phi) is 27.4. The van der Waals surface area contributed by atoms with Gasteiger partial charge in [-0.2, -0.15) is 0 Å². The van der Waals surface area contributed by atoms with E-state index < -0.39 is 36.6 Å². The van der Waals surface area contributed by atoms with Crippen molar-refractivity contribution in [1.29, 1.82) is 0 Å². The number of hydrogen-bond donors (Lipinski definition) is 6. The minimum atomic E-state index is -1.19. The summed E-state index contributed by atoms with van der Waals surface area (Å²) in [5.41, 5.74) is 0. The summed E-state index contributed by atoms with van der Waals surface area (Å²) in [6.07, 6.45) is 27.7. The highest BCUT2D eigenvalue weighted by molar-refractivity contribution is 5.76. The van der Waals surface area contributed by atoms with E-state index in [-0.39, 0.29) is 17.7 Å². The predicted molar refractivity (Wildman–Crippen MR) is 195 cm³/mol. The van der Waals surface area contributed by atoms with E-state index in [0.29, 0.717) is 32.1 Å². The van der Waals surface area contributed by atoms with Crippen molar-refractivity contribution >= 4 is 5.91 Å². The first kappa shape index (κ1) is 44.3. The number of nitrogens with one attached hydrogen (secondary N) is 1. The number of hydrogen-bond acceptors (Lipinski definition) is 6. The smallest absolute Gasteiger partial charge is 0.220 e. The topological polar surface area (TPSA) is 130 Å². The van der Waals surface area contributed by atoms with Crippen LogP contribution in [0.2, 0.25) is 0 Å². The van der Waals surface area contributed by atoms with Crippen molar-refractivity contribution in [3.8, 4) is 0 Å². The number of carbonyl (C=O) groups is 1. The Morgan fingerprint density at radius 1 is 0.617 bits per heavy atom. The monoisotopic (exact) mass is 670 g/mol. The van der Waals surface area contributed by atoms with Gasteiger partial charge in [-0.05, 0) is 43.9 Å². The molecular formula is C40H79NO6. The molecule has 0 aromatic rings. The molecule has 0 radical (unpaired) electrons. The summed E-state index contributed by atoms with van der Waals surface area (Å²) in [5.74, 6) is -0.497. The fourth-order valence-corrected chi connectivity index (χ4v) is 7.44. The molecule has 0 saturated heterocycles. The molecule has 8 unspecified atom stereocenters. The van der Waals surface area contributed by atoms with Crippen LogP contribution >= 0.6 is 0 Å². The van der Waals surface area contributed by atoms with Crippen LogP contribution in [-0.4, -0.2) is 68.0 Å². The molecule has 0 aromatic carbocycles. The van der Waals surface area contributed by atoms with Crippen molar-refractivity contribution < 1.29 is 30.3 Å². The molecule has 280 valence electrons. The van der Waals surface area contributed by atoms with Gasteiger partial charge in [-0.15, -0.1) is 0 Å². The summed E-state index contributed by atoms with van der Waals surface area (Å²) in [6.45, 7) is 5.93. The first-order chi connectivity index (χ1) is 22.7. The molecule has 8 atom stereocenters. The first-order valence-corrected chi connectivity index (χ1v) is 20.4. The molecule has 47 heavy (non-hydrogen) atoms. The van der Waals surface area contributed by atoms with Gasteiger partial charge in [-0.3, -0.25) is 4.79 Å². The molecule has 1 amide bonds. The Morgan fingerprint density at radius 3 is 1.43 bits per heavy atom. The lowest BCUT2D eigenvalue weighted by molar-refractivity contribution is -0.134. The summed E-state index contributed by atoms with van der Waals surface area (Å²) >= 11 is 0. The van der Waals surface area contributed by atoms with E-state index in [9.17, 15) is 30.3 Å². The lowest BCUT2D eigenvalue weighted by atomic mass is 9.74. The Labute approximate surface area is 290 Å². The van der Waals surface area contributed by atoms with Gasteiger partial charge in [-0.1, -0.05) is 162 Å². The fourth-order valence-electron chi connectivity index (χ4n) is 7.44. The molecule has 0 heterocycles. The Hall–Kier alpha value is -0.730. The van der Waals surface area contributed by atoms with Gasteiger partial charge >= 0.3 is 0 Å². The number of amides is 1. The molecule has 0 aromatic heterocycles. The standard InChI is InChI=1S/C40H79NO6/c1-4-6-7-8-9-10-11-12-13-14-15-16-17-18-19-20-21-22-23-24-25-26-27-28-36(43)41-34(39(46)35(42)5-2)30-29-33-31-32(3)37(44)40(47)38(33)45/h32-35,37-40,42,44-47H,4-31H2,1-3H3,(H,41,43). The van der Waals surface area contributed by atoms with E-state index >= 15 is 0 Å². The van der Waals surface area contributed by atoms with Gasteiger partial charge in [0, 0.05) is 6.42 Å². The molecule has 7 nitrogen and oxygen atoms in total. The Bertz CT molecular complexity index is 723. The average molecular weight is 670 g/mol. The van der Waals surface area contributed by atoms with Crippen LogP contribution in [0.3, 0.4) is 0 Å². The van der Waals surface area contributed by atoms with Crippen molar-refractivity contribution in [1.82, 2.24) is 5.32 Å². The number of carbonyl (C=O) groups excluding carboxylic acids is 1. The second-order valence-corrected chi connectivity index (χ2v) is 15.2.